The molecule has 26 heavy (non-hydrogen) atoms. The number of rotatable bonds is 6. The van der Waals surface area contributed by atoms with E-state index < -0.39 is 0 Å². The van der Waals surface area contributed by atoms with Gasteiger partial charge in [-0.15, -0.1) is 22.7 Å². The molecule has 5 nitrogen and oxygen atoms in total. The largest absolute Gasteiger partial charge is 0.351 e. The molecule has 3 aromatic rings. The molecule has 0 fully saturated rings. The zero-order valence-corrected chi connectivity index (χ0v) is 16.3. The molecule has 0 spiro atoms. The van der Waals surface area contributed by atoms with Crippen molar-refractivity contribution >= 4 is 51.2 Å². The average molecular weight is 406 g/mol. The van der Waals surface area contributed by atoms with Crippen molar-refractivity contribution in [2.75, 3.05) is 5.32 Å². The normalized spacial score (nSPS) is 10.5. The van der Waals surface area contributed by atoms with Crippen LogP contribution in [0.4, 0.5) is 5.13 Å². The number of nitrogens with one attached hydrogen (secondary N) is 2. The van der Waals surface area contributed by atoms with E-state index in [1.807, 2.05) is 29.6 Å². The Morgan fingerprint density at radius 2 is 1.92 bits per heavy atom. The molecule has 3 rings (SSSR count). The molecule has 0 unspecified atom stereocenters. The molecule has 0 aliphatic carbocycles. The number of thiazole rings is 1. The van der Waals surface area contributed by atoms with Crippen LogP contribution in [-0.4, -0.2) is 16.8 Å². The second kappa shape index (κ2) is 8.44. The van der Waals surface area contributed by atoms with Crippen molar-refractivity contribution in [1.29, 1.82) is 0 Å². The van der Waals surface area contributed by atoms with E-state index in [2.05, 4.69) is 15.6 Å². The topological polar surface area (TPSA) is 71.1 Å². The van der Waals surface area contributed by atoms with E-state index in [0.29, 0.717) is 16.7 Å². The van der Waals surface area contributed by atoms with Gasteiger partial charge in [-0.05, 0) is 29.8 Å². The minimum absolute atomic E-state index is 0.0562. The highest BCUT2D eigenvalue weighted by Crippen LogP contribution is 2.30. The van der Waals surface area contributed by atoms with Crippen LogP contribution in [0, 0.1) is 0 Å². The van der Waals surface area contributed by atoms with Crippen LogP contribution in [0.1, 0.15) is 17.4 Å². The lowest BCUT2D eigenvalue weighted by Gasteiger charge is -2.02. The Balaban J connectivity index is 1.59. The van der Waals surface area contributed by atoms with Crippen LogP contribution >= 0.6 is 34.3 Å². The molecule has 0 saturated heterocycles. The predicted molar refractivity (Wildman–Crippen MR) is 107 cm³/mol. The molecular weight excluding hydrogens is 390 g/mol. The maximum absolute atomic E-state index is 12.2. The Labute approximate surface area is 164 Å². The first-order valence-electron chi connectivity index (χ1n) is 7.83. The summed E-state index contributed by atoms with van der Waals surface area (Å²) in [6, 6.07) is 11.1. The molecule has 2 heterocycles. The van der Waals surface area contributed by atoms with Gasteiger partial charge in [-0.2, -0.15) is 0 Å². The summed E-state index contributed by atoms with van der Waals surface area (Å²) < 4.78 is 0. The van der Waals surface area contributed by atoms with E-state index in [-0.39, 0.29) is 18.2 Å². The van der Waals surface area contributed by atoms with Crippen molar-refractivity contribution < 1.29 is 9.59 Å². The summed E-state index contributed by atoms with van der Waals surface area (Å²) in [4.78, 5) is 29.7. The maximum atomic E-state index is 12.2. The molecule has 134 valence electrons. The molecule has 8 heteroatoms. The van der Waals surface area contributed by atoms with Crippen molar-refractivity contribution in [3.63, 3.8) is 0 Å². The molecule has 0 aliphatic heterocycles. The number of thiophene rings is 1. The molecule has 2 amide bonds. The van der Waals surface area contributed by atoms with Gasteiger partial charge < -0.3 is 10.6 Å². The van der Waals surface area contributed by atoms with Gasteiger partial charge in [0.05, 0.1) is 23.5 Å². The van der Waals surface area contributed by atoms with Crippen molar-refractivity contribution in [1.82, 2.24) is 10.3 Å². The number of nitrogens with zero attached hydrogens (tertiary/aromatic N) is 1. The van der Waals surface area contributed by atoms with E-state index in [1.54, 1.807) is 23.5 Å². The van der Waals surface area contributed by atoms with E-state index in [0.717, 1.165) is 21.0 Å². The molecular formula is C18H16ClN3O2S2. The Hall–Kier alpha value is -2.22. The quantitative estimate of drug-likeness (QED) is 0.640. The highest BCUT2D eigenvalue weighted by Gasteiger charge is 2.11. The Bertz CT molecular complexity index is 919. The number of carbonyl (C=O) groups excluding carboxylic acids is 2. The van der Waals surface area contributed by atoms with Crippen LogP contribution in [0.2, 0.25) is 5.02 Å². The summed E-state index contributed by atoms with van der Waals surface area (Å²) in [5.74, 6) is -0.176. The average Bonchev–Trinajstić information content (AvgIpc) is 3.24. The van der Waals surface area contributed by atoms with Gasteiger partial charge in [-0.1, -0.05) is 23.7 Å². The fourth-order valence-corrected chi connectivity index (χ4v) is 4.05. The molecule has 0 aliphatic rings. The molecule has 0 bridgehead atoms. The van der Waals surface area contributed by atoms with Crippen LogP contribution in [0.15, 0.2) is 41.8 Å². The van der Waals surface area contributed by atoms with Gasteiger partial charge in [-0.25, -0.2) is 4.98 Å². The van der Waals surface area contributed by atoms with Gasteiger partial charge in [0.15, 0.2) is 5.13 Å². The Kier molecular flexibility index (Phi) is 6.03. The summed E-state index contributed by atoms with van der Waals surface area (Å²) in [5, 5.41) is 8.72. The highest BCUT2D eigenvalue weighted by atomic mass is 35.5. The lowest BCUT2D eigenvalue weighted by atomic mass is 10.1. The number of anilines is 1. The van der Waals surface area contributed by atoms with E-state index in [9.17, 15) is 9.59 Å². The third-order valence-corrected chi connectivity index (χ3v) is 5.57. The smallest absolute Gasteiger partial charge is 0.230 e. The highest BCUT2D eigenvalue weighted by molar-refractivity contribution is 7.17. The van der Waals surface area contributed by atoms with Crippen LogP contribution < -0.4 is 10.6 Å². The summed E-state index contributed by atoms with van der Waals surface area (Å²) in [6.45, 7) is 2.00. The molecule has 2 N–H and O–H groups in total. The van der Waals surface area contributed by atoms with Gasteiger partial charge in [0.1, 0.15) is 0 Å². The van der Waals surface area contributed by atoms with E-state index in [4.69, 9.17) is 11.6 Å². The number of hydrogen-bond donors (Lipinski definition) is 2. The lowest BCUT2D eigenvalue weighted by Crippen LogP contribution is -2.17. The minimum Gasteiger partial charge on any atom is -0.351 e. The number of hydrogen-bond acceptors (Lipinski definition) is 5. The first-order chi connectivity index (χ1) is 12.5. The lowest BCUT2D eigenvalue weighted by molar-refractivity contribution is -0.119. The second-order valence-electron chi connectivity index (χ2n) is 5.57. The molecule has 0 radical (unpaired) electrons. The molecule has 1 aromatic carbocycles. The number of amides is 2. The summed E-state index contributed by atoms with van der Waals surface area (Å²) in [7, 11) is 0. The monoisotopic (exact) mass is 405 g/mol. The van der Waals surface area contributed by atoms with E-state index >= 15 is 0 Å². The number of benzene rings is 1. The van der Waals surface area contributed by atoms with Gasteiger partial charge >= 0.3 is 0 Å². The molecule has 0 atom stereocenters. The zero-order valence-electron chi connectivity index (χ0n) is 13.9. The first kappa shape index (κ1) is 18.6. The van der Waals surface area contributed by atoms with Crippen LogP contribution in [0.5, 0.6) is 0 Å². The fraction of sp³-hybridized carbons (Fsp3) is 0.167. The Morgan fingerprint density at radius 3 is 2.65 bits per heavy atom. The van der Waals surface area contributed by atoms with Crippen LogP contribution in [-0.2, 0) is 22.6 Å². The molecule has 2 aromatic heterocycles. The van der Waals surface area contributed by atoms with E-state index in [1.165, 1.54) is 18.3 Å². The van der Waals surface area contributed by atoms with Gasteiger partial charge in [-0.3, -0.25) is 9.59 Å². The fourth-order valence-electron chi connectivity index (χ4n) is 2.22. The second-order valence-corrected chi connectivity index (χ2v) is 8.03. The standard InChI is InChI=1S/C18H16ClN3O2S2/c1-11(23)20-9-14-6-7-16(26-14)15-10-25-18(21-15)22-17(24)8-12-2-4-13(19)5-3-12/h2-7,10H,8-9H2,1H3,(H,20,23)(H,21,22,24). The third kappa shape index (κ3) is 5.14. The van der Waals surface area contributed by atoms with Crippen molar-refractivity contribution in [2.45, 2.75) is 19.9 Å². The van der Waals surface area contributed by atoms with Crippen molar-refractivity contribution in [2.24, 2.45) is 0 Å². The third-order valence-electron chi connectivity index (χ3n) is 3.45. The summed E-state index contributed by atoms with van der Waals surface area (Å²) >= 11 is 8.80. The van der Waals surface area contributed by atoms with Crippen LogP contribution in [0.25, 0.3) is 10.6 Å². The predicted octanol–water partition coefficient (Wildman–Crippen LogP) is 4.34. The van der Waals surface area contributed by atoms with Crippen LogP contribution in [0.3, 0.4) is 0 Å². The molecule has 0 saturated carbocycles. The van der Waals surface area contributed by atoms with Gasteiger partial charge in [0, 0.05) is 22.2 Å². The van der Waals surface area contributed by atoms with Gasteiger partial charge in [0.2, 0.25) is 11.8 Å². The zero-order chi connectivity index (χ0) is 18.5. The number of carbonyl (C=O) groups is 2. The van der Waals surface area contributed by atoms with Crippen molar-refractivity contribution in [3.8, 4) is 10.6 Å². The first-order valence-corrected chi connectivity index (χ1v) is 9.90. The Morgan fingerprint density at radius 1 is 1.15 bits per heavy atom. The van der Waals surface area contributed by atoms with Gasteiger partial charge in [0.25, 0.3) is 0 Å². The SMILES string of the molecule is CC(=O)NCc1ccc(-c2csc(NC(=O)Cc3ccc(Cl)cc3)n2)s1. The van der Waals surface area contributed by atoms with Crippen molar-refractivity contribution in [3.05, 3.63) is 57.2 Å². The summed E-state index contributed by atoms with van der Waals surface area (Å²) in [6.07, 6.45) is 0.270. The maximum Gasteiger partial charge on any atom is 0.230 e. The number of halogens is 1. The summed E-state index contributed by atoms with van der Waals surface area (Å²) in [5.41, 5.74) is 1.71. The number of aromatic nitrogens is 1. The minimum atomic E-state index is -0.120.